The lowest BCUT2D eigenvalue weighted by Gasteiger charge is -2.07. The molecular formula is C13H13F2N3O4S. The van der Waals surface area contributed by atoms with Crippen LogP contribution in [0.2, 0.25) is 0 Å². The third kappa shape index (κ3) is 4.03. The number of hydrogen-bond acceptors (Lipinski definition) is 5. The van der Waals surface area contributed by atoms with E-state index in [4.69, 9.17) is 4.18 Å². The molecule has 1 aromatic heterocycles. The lowest BCUT2D eigenvalue weighted by molar-refractivity contribution is 0.102. The number of benzene rings is 1. The number of carbonyl (C=O) groups is 1. The molecule has 1 aromatic carbocycles. The zero-order valence-electron chi connectivity index (χ0n) is 12.2. The zero-order valence-corrected chi connectivity index (χ0v) is 13.0. The van der Waals surface area contributed by atoms with Gasteiger partial charge in [-0.05, 0) is 19.1 Å². The maximum atomic E-state index is 13.6. The van der Waals surface area contributed by atoms with Gasteiger partial charge in [-0.3, -0.25) is 9.48 Å². The summed E-state index contributed by atoms with van der Waals surface area (Å²) in [7, 11) is -2.42. The molecule has 7 nitrogen and oxygen atoms in total. The second-order valence-corrected chi connectivity index (χ2v) is 6.39. The summed E-state index contributed by atoms with van der Waals surface area (Å²) < 4.78 is 55.3. The summed E-state index contributed by atoms with van der Waals surface area (Å²) >= 11 is 0. The van der Waals surface area contributed by atoms with Gasteiger partial charge < -0.3 is 9.50 Å². The number of aryl methyl sites for hydroxylation is 1. The van der Waals surface area contributed by atoms with Gasteiger partial charge in [0.1, 0.15) is 17.2 Å². The molecule has 1 N–H and O–H groups in total. The molecule has 0 spiro atoms. The highest BCUT2D eigenvalue weighted by atomic mass is 32.2. The number of carbonyl (C=O) groups excluding carboxylic acids is 1. The second-order valence-electron chi connectivity index (χ2n) is 4.53. The molecule has 0 aliphatic rings. The average Bonchev–Trinajstić information content (AvgIpc) is 2.82. The van der Waals surface area contributed by atoms with Crippen LogP contribution in [-0.2, 0) is 17.2 Å². The predicted molar refractivity (Wildman–Crippen MR) is 77.6 cm³/mol. The minimum Gasteiger partial charge on any atom is -0.359 e. The summed E-state index contributed by atoms with van der Waals surface area (Å²) in [6, 6.07) is 2.63. The van der Waals surface area contributed by atoms with Gasteiger partial charge in [-0.2, -0.15) is 8.42 Å². The van der Waals surface area contributed by atoms with Crippen LogP contribution in [0.15, 0.2) is 24.4 Å². The fourth-order valence-corrected chi connectivity index (χ4v) is 2.13. The quantitative estimate of drug-likeness (QED) is 0.833. The van der Waals surface area contributed by atoms with Crippen LogP contribution >= 0.6 is 0 Å². The van der Waals surface area contributed by atoms with Crippen LogP contribution in [0, 0.1) is 11.6 Å². The summed E-state index contributed by atoms with van der Waals surface area (Å²) in [4.78, 5) is 12.2. The maximum Gasteiger partial charge on any atom is 0.310 e. The minimum atomic E-state index is -3.88. The Hall–Kier alpha value is -2.49. The van der Waals surface area contributed by atoms with E-state index >= 15 is 0 Å². The Bertz CT molecular complexity index is 849. The van der Waals surface area contributed by atoms with Gasteiger partial charge in [-0.15, -0.1) is 5.10 Å². The molecule has 0 radical (unpaired) electrons. The number of hydrogen-bond donors (Lipinski definition) is 1. The van der Waals surface area contributed by atoms with Crippen LogP contribution in [0.5, 0.6) is 5.88 Å². The molecule has 23 heavy (non-hydrogen) atoms. The van der Waals surface area contributed by atoms with Gasteiger partial charge in [0, 0.05) is 19.3 Å². The van der Waals surface area contributed by atoms with Gasteiger partial charge in [-0.25, -0.2) is 8.78 Å². The molecule has 0 unspecified atom stereocenters. The van der Waals surface area contributed by atoms with Crippen molar-refractivity contribution < 1.29 is 26.2 Å². The summed E-state index contributed by atoms with van der Waals surface area (Å²) in [5.41, 5.74) is -0.460. The number of anilines is 1. The molecule has 0 atom stereocenters. The van der Waals surface area contributed by atoms with E-state index in [0.29, 0.717) is 6.07 Å². The molecule has 0 aliphatic heterocycles. The molecule has 10 heteroatoms. The van der Waals surface area contributed by atoms with E-state index < -0.39 is 33.5 Å². The summed E-state index contributed by atoms with van der Waals surface area (Å²) in [6.07, 6.45) is 1.22. The molecule has 0 saturated heterocycles. The molecule has 1 heterocycles. The molecule has 2 rings (SSSR count). The van der Waals surface area contributed by atoms with Gasteiger partial charge in [0.15, 0.2) is 0 Å². The lowest BCUT2D eigenvalue weighted by atomic mass is 10.2. The summed E-state index contributed by atoms with van der Waals surface area (Å²) in [5, 5.41) is 5.95. The van der Waals surface area contributed by atoms with E-state index in [9.17, 15) is 22.0 Å². The maximum absolute atomic E-state index is 13.6. The van der Waals surface area contributed by atoms with Crippen LogP contribution < -0.4 is 9.50 Å². The van der Waals surface area contributed by atoms with E-state index in [0.717, 1.165) is 12.1 Å². The number of rotatable bonds is 5. The Morgan fingerprint density at radius 3 is 2.70 bits per heavy atom. The second kappa shape index (κ2) is 6.32. The topological polar surface area (TPSA) is 90.3 Å². The van der Waals surface area contributed by atoms with E-state index in [1.165, 1.54) is 24.9 Å². The third-order valence-corrected chi connectivity index (χ3v) is 3.90. The van der Waals surface area contributed by atoms with Gasteiger partial charge in [0.25, 0.3) is 11.8 Å². The number of aromatic nitrogens is 2. The van der Waals surface area contributed by atoms with Gasteiger partial charge in [-0.1, -0.05) is 0 Å². The lowest BCUT2D eigenvalue weighted by Crippen LogP contribution is -2.17. The monoisotopic (exact) mass is 345 g/mol. The van der Waals surface area contributed by atoms with Crippen LogP contribution in [0.1, 0.15) is 17.3 Å². The van der Waals surface area contributed by atoms with Gasteiger partial charge in [0.05, 0.1) is 11.4 Å². The first-order valence-corrected chi connectivity index (χ1v) is 8.02. The van der Waals surface area contributed by atoms with Gasteiger partial charge in [0.2, 0.25) is 0 Å². The Morgan fingerprint density at radius 1 is 1.39 bits per heavy atom. The molecular weight excluding hydrogens is 332 g/mol. The van der Waals surface area contributed by atoms with Crippen LogP contribution in [0.25, 0.3) is 0 Å². The Balaban J connectivity index is 2.29. The largest absolute Gasteiger partial charge is 0.359 e. The first-order valence-electron chi connectivity index (χ1n) is 6.44. The Labute approximate surface area is 131 Å². The van der Waals surface area contributed by atoms with Crippen molar-refractivity contribution in [2.45, 2.75) is 6.92 Å². The Morgan fingerprint density at radius 2 is 2.09 bits per heavy atom. The summed E-state index contributed by atoms with van der Waals surface area (Å²) in [6.45, 7) is 1.37. The van der Waals surface area contributed by atoms with Crippen molar-refractivity contribution in [3.05, 3.63) is 41.6 Å². The summed E-state index contributed by atoms with van der Waals surface area (Å²) in [5.74, 6) is -3.33. The first kappa shape index (κ1) is 16.9. The smallest absolute Gasteiger partial charge is 0.310 e. The van der Waals surface area contributed by atoms with Crippen LogP contribution in [-0.4, -0.2) is 29.9 Å². The molecule has 0 aliphatic carbocycles. The van der Waals surface area contributed by atoms with Crippen LogP contribution in [0.4, 0.5) is 14.5 Å². The highest BCUT2D eigenvalue weighted by molar-refractivity contribution is 7.87. The number of amides is 1. The van der Waals surface area contributed by atoms with Crippen molar-refractivity contribution in [2.75, 3.05) is 11.1 Å². The fraction of sp³-hybridized carbons (Fsp3) is 0.231. The fourth-order valence-electron chi connectivity index (χ4n) is 1.65. The van der Waals surface area contributed by atoms with E-state index in [1.807, 2.05) is 0 Å². The molecule has 1 amide bonds. The SMILES string of the molecule is CCS(=O)(=O)Oc1nn(C)cc1C(=O)Nc1ccc(F)cc1F. The molecule has 0 saturated carbocycles. The third-order valence-electron chi connectivity index (χ3n) is 2.78. The van der Waals surface area contributed by atoms with E-state index in [2.05, 4.69) is 10.4 Å². The minimum absolute atomic E-state index is 0.201. The first-order chi connectivity index (χ1) is 10.7. The van der Waals surface area contributed by atoms with E-state index in [-0.39, 0.29) is 17.0 Å². The Kier molecular flexibility index (Phi) is 4.64. The van der Waals surface area contributed by atoms with E-state index in [1.54, 1.807) is 0 Å². The number of nitrogens with one attached hydrogen (secondary N) is 1. The standard InChI is InChI=1S/C13H13F2N3O4S/c1-3-23(20,21)22-13-9(7-18(2)17-13)12(19)16-11-5-4-8(14)6-10(11)15/h4-7H,3H2,1-2H3,(H,16,19). The highest BCUT2D eigenvalue weighted by Gasteiger charge is 2.22. The number of halogens is 2. The molecule has 124 valence electrons. The van der Waals surface area contributed by atoms with Crippen molar-refractivity contribution in [2.24, 2.45) is 7.05 Å². The average molecular weight is 345 g/mol. The van der Waals surface area contributed by atoms with Crippen molar-refractivity contribution in [3.8, 4) is 5.88 Å². The normalized spacial score (nSPS) is 11.3. The molecule has 0 fully saturated rings. The van der Waals surface area contributed by atoms with Crippen LogP contribution in [0.3, 0.4) is 0 Å². The highest BCUT2D eigenvalue weighted by Crippen LogP contribution is 2.21. The van der Waals surface area contributed by atoms with Gasteiger partial charge >= 0.3 is 10.1 Å². The molecule has 0 bridgehead atoms. The van der Waals surface area contributed by atoms with Crippen molar-refractivity contribution in [1.29, 1.82) is 0 Å². The van der Waals surface area contributed by atoms with Crippen molar-refractivity contribution >= 4 is 21.7 Å². The predicted octanol–water partition coefficient (Wildman–Crippen LogP) is 1.68. The van der Waals surface area contributed by atoms with Crippen molar-refractivity contribution in [3.63, 3.8) is 0 Å². The number of nitrogens with zero attached hydrogens (tertiary/aromatic N) is 2. The zero-order chi connectivity index (χ0) is 17.2. The van der Waals surface area contributed by atoms with Crippen molar-refractivity contribution in [1.82, 2.24) is 9.78 Å². The molecule has 2 aromatic rings.